The second-order valence-electron chi connectivity index (χ2n) is 7.42. The van der Waals surface area contributed by atoms with Gasteiger partial charge in [0.05, 0.1) is 17.7 Å². The number of benzene rings is 1. The summed E-state index contributed by atoms with van der Waals surface area (Å²) < 4.78 is 7.14. The maximum atomic E-state index is 13.2. The molecule has 31 heavy (non-hydrogen) atoms. The summed E-state index contributed by atoms with van der Waals surface area (Å²) in [4.78, 5) is 28.5. The second-order valence-corrected chi connectivity index (χ2v) is 8.36. The van der Waals surface area contributed by atoms with E-state index >= 15 is 0 Å². The van der Waals surface area contributed by atoms with Crippen molar-refractivity contribution in [3.05, 3.63) is 76.2 Å². The van der Waals surface area contributed by atoms with Crippen LogP contribution in [0.15, 0.2) is 65.2 Å². The van der Waals surface area contributed by atoms with Gasteiger partial charge in [-0.3, -0.25) is 9.59 Å². The molecule has 160 valence electrons. The van der Waals surface area contributed by atoms with Gasteiger partial charge < -0.3 is 14.2 Å². The molecule has 1 aliphatic heterocycles. The van der Waals surface area contributed by atoms with E-state index in [1.807, 2.05) is 47.5 Å². The van der Waals surface area contributed by atoms with Crippen molar-refractivity contribution in [3.8, 4) is 5.75 Å². The lowest BCUT2D eigenvalue weighted by molar-refractivity contribution is -0.133. The topological polar surface area (TPSA) is 67.1 Å². The van der Waals surface area contributed by atoms with Gasteiger partial charge in [-0.1, -0.05) is 6.07 Å². The molecule has 0 aliphatic carbocycles. The molecule has 4 rings (SSSR count). The Morgan fingerprint density at radius 2 is 1.97 bits per heavy atom. The Labute approximate surface area is 185 Å². The molecule has 0 saturated carbocycles. The van der Waals surface area contributed by atoms with Crippen LogP contribution in [0.1, 0.15) is 33.4 Å². The minimum absolute atomic E-state index is 0.0625. The molecular formula is C23H24N4O3S. The molecule has 2 amide bonds. The molecule has 8 heteroatoms. The number of aromatic nitrogens is 1. The third-order valence-corrected chi connectivity index (χ3v) is 6.27. The Morgan fingerprint density at radius 1 is 1.19 bits per heavy atom. The first-order valence-corrected chi connectivity index (χ1v) is 10.8. The number of nitrogens with zero attached hydrogens (tertiary/aromatic N) is 4. The molecule has 0 bridgehead atoms. The standard InChI is InChI=1S/C23H24N4O3S/c1-25-12-4-6-19(25)20-14-18(21-7-5-13-31-21)24-27(20)22(28)15-26(2)23(29)16-8-10-17(30-3)11-9-16/h4-13,20H,14-15H2,1-3H3/t20-/m0/s1. The fourth-order valence-corrected chi connectivity index (χ4v) is 4.40. The van der Waals surface area contributed by atoms with Gasteiger partial charge in [0.25, 0.3) is 11.8 Å². The Bertz CT molecular complexity index is 1100. The van der Waals surface area contributed by atoms with Crippen molar-refractivity contribution in [2.75, 3.05) is 20.7 Å². The van der Waals surface area contributed by atoms with Gasteiger partial charge in [0, 0.05) is 38.0 Å². The maximum Gasteiger partial charge on any atom is 0.262 e. The molecule has 0 N–H and O–H groups in total. The summed E-state index contributed by atoms with van der Waals surface area (Å²) in [5.74, 6) is 0.225. The number of amides is 2. The van der Waals surface area contributed by atoms with E-state index in [4.69, 9.17) is 4.74 Å². The molecule has 3 heterocycles. The van der Waals surface area contributed by atoms with Crippen molar-refractivity contribution in [1.29, 1.82) is 0 Å². The van der Waals surface area contributed by atoms with Crippen LogP contribution in [0.4, 0.5) is 0 Å². The number of aryl methyl sites for hydroxylation is 1. The molecule has 1 aliphatic rings. The van der Waals surface area contributed by atoms with E-state index in [2.05, 4.69) is 5.10 Å². The molecule has 7 nitrogen and oxygen atoms in total. The van der Waals surface area contributed by atoms with Gasteiger partial charge in [-0.25, -0.2) is 5.01 Å². The summed E-state index contributed by atoms with van der Waals surface area (Å²) in [6.07, 6.45) is 2.60. The summed E-state index contributed by atoms with van der Waals surface area (Å²) in [5.41, 5.74) is 2.39. The zero-order chi connectivity index (χ0) is 22.0. The lowest BCUT2D eigenvalue weighted by Gasteiger charge is -2.25. The Morgan fingerprint density at radius 3 is 2.58 bits per heavy atom. The average Bonchev–Trinajstić information content (AvgIpc) is 3.53. The van der Waals surface area contributed by atoms with Crippen LogP contribution in [0.3, 0.4) is 0 Å². The fraction of sp³-hybridized carbons (Fsp3) is 0.261. The van der Waals surface area contributed by atoms with Crippen LogP contribution in [0.5, 0.6) is 5.75 Å². The lowest BCUT2D eigenvalue weighted by atomic mass is 10.1. The van der Waals surface area contributed by atoms with E-state index < -0.39 is 0 Å². The third-order valence-electron chi connectivity index (χ3n) is 5.35. The number of likely N-dealkylation sites (N-methyl/N-ethyl adjacent to an activating group) is 1. The molecule has 0 fully saturated rings. The van der Waals surface area contributed by atoms with Crippen molar-refractivity contribution < 1.29 is 14.3 Å². The van der Waals surface area contributed by atoms with Gasteiger partial charge in [-0.05, 0) is 47.8 Å². The highest BCUT2D eigenvalue weighted by molar-refractivity contribution is 7.12. The minimum Gasteiger partial charge on any atom is -0.497 e. The highest BCUT2D eigenvalue weighted by atomic mass is 32.1. The molecule has 1 aromatic carbocycles. The predicted octanol–water partition coefficient (Wildman–Crippen LogP) is 3.55. The van der Waals surface area contributed by atoms with E-state index in [9.17, 15) is 9.59 Å². The summed E-state index contributed by atoms with van der Waals surface area (Å²) in [5, 5.41) is 8.19. The van der Waals surface area contributed by atoms with E-state index in [0.717, 1.165) is 16.3 Å². The van der Waals surface area contributed by atoms with E-state index in [1.165, 1.54) is 9.91 Å². The first-order chi connectivity index (χ1) is 15.0. The van der Waals surface area contributed by atoms with Crippen molar-refractivity contribution >= 4 is 28.9 Å². The van der Waals surface area contributed by atoms with Crippen molar-refractivity contribution in [3.63, 3.8) is 0 Å². The summed E-state index contributed by atoms with van der Waals surface area (Å²) in [7, 11) is 5.16. The van der Waals surface area contributed by atoms with Crippen LogP contribution < -0.4 is 4.74 Å². The minimum atomic E-state index is -0.229. The number of ether oxygens (including phenoxy) is 1. The third kappa shape index (κ3) is 4.25. The summed E-state index contributed by atoms with van der Waals surface area (Å²) in [6, 6.07) is 14.6. The molecule has 0 spiro atoms. The molecule has 1 atom stereocenters. The smallest absolute Gasteiger partial charge is 0.262 e. The van der Waals surface area contributed by atoms with Gasteiger partial charge >= 0.3 is 0 Å². The molecule has 2 aromatic heterocycles. The normalized spacial score (nSPS) is 15.6. The Kier molecular flexibility index (Phi) is 5.90. The maximum absolute atomic E-state index is 13.2. The van der Waals surface area contributed by atoms with Crippen LogP contribution in [0, 0.1) is 0 Å². The van der Waals surface area contributed by atoms with Crippen LogP contribution in [0.25, 0.3) is 0 Å². The van der Waals surface area contributed by atoms with Gasteiger partial charge in [0.15, 0.2) is 0 Å². The lowest BCUT2D eigenvalue weighted by Crippen LogP contribution is -2.39. The molecule has 0 radical (unpaired) electrons. The number of hydrogen-bond donors (Lipinski definition) is 0. The second kappa shape index (κ2) is 8.77. The first-order valence-electron chi connectivity index (χ1n) is 9.92. The largest absolute Gasteiger partial charge is 0.497 e. The zero-order valence-corrected chi connectivity index (χ0v) is 18.5. The van der Waals surface area contributed by atoms with Crippen molar-refractivity contribution in [2.45, 2.75) is 12.5 Å². The van der Waals surface area contributed by atoms with Crippen LogP contribution in [-0.2, 0) is 11.8 Å². The highest BCUT2D eigenvalue weighted by Crippen LogP contribution is 2.34. The number of methoxy groups -OCH3 is 1. The zero-order valence-electron chi connectivity index (χ0n) is 17.7. The first kappa shape index (κ1) is 20.9. The SMILES string of the molecule is COc1ccc(C(=O)N(C)CC(=O)N2N=C(c3cccs3)C[C@H]2c2cccn2C)cc1. The molecule has 0 unspecified atom stereocenters. The summed E-state index contributed by atoms with van der Waals surface area (Å²) >= 11 is 1.61. The highest BCUT2D eigenvalue weighted by Gasteiger charge is 2.35. The Balaban J connectivity index is 1.53. The fourth-order valence-electron chi connectivity index (χ4n) is 3.68. The van der Waals surface area contributed by atoms with E-state index in [1.54, 1.807) is 49.8 Å². The Hall–Kier alpha value is -3.39. The molecular weight excluding hydrogens is 412 g/mol. The number of hydrazone groups is 1. The van der Waals surface area contributed by atoms with Gasteiger partial charge in [-0.2, -0.15) is 5.10 Å². The monoisotopic (exact) mass is 436 g/mol. The van der Waals surface area contributed by atoms with E-state index in [0.29, 0.717) is 17.7 Å². The van der Waals surface area contributed by atoms with Crippen LogP contribution >= 0.6 is 11.3 Å². The number of hydrogen-bond acceptors (Lipinski definition) is 5. The number of carbonyl (C=O) groups is 2. The molecule has 0 saturated heterocycles. The number of carbonyl (C=O) groups excluding carboxylic acids is 2. The number of rotatable bonds is 6. The molecule has 3 aromatic rings. The quantitative estimate of drug-likeness (QED) is 0.594. The van der Waals surface area contributed by atoms with Gasteiger partial charge in [0.1, 0.15) is 18.3 Å². The number of thiophene rings is 1. The van der Waals surface area contributed by atoms with E-state index in [-0.39, 0.29) is 24.4 Å². The predicted molar refractivity (Wildman–Crippen MR) is 120 cm³/mol. The van der Waals surface area contributed by atoms with Crippen molar-refractivity contribution in [2.24, 2.45) is 12.1 Å². The van der Waals surface area contributed by atoms with Gasteiger partial charge in [-0.15, -0.1) is 11.3 Å². The summed E-state index contributed by atoms with van der Waals surface area (Å²) in [6.45, 7) is -0.0625. The van der Waals surface area contributed by atoms with Crippen molar-refractivity contribution in [1.82, 2.24) is 14.5 Å². The van der Waals surface area contributed by atoms with Crippen LogP contribution in [-0.4, -0.2) is 52.7 Å². The average molecular weight is 437 g/mol. The van der Waals surface area contributed by atoms with Crippen LogP contribution in [0.2, 0.25) is 0 Å². The van der Waals surface area contributed by atoms with Gasteiger partial charge in [0.2, 0.25) is 0 Å².